The summed E-state index contributed by atoms with van der Waals surface area (Å²) >= 11 is 6.18. The zero-order valence-electron chi connectivity index (χ0n) is 16.3. The molecule has 0 heterocycles. The van der Waals surface area contributed by atoms with Crippen molar-refractivity contribution in [2.45, 2.75) is 25.7 Å². The van der Waals surface area contributed by atoms with Gasteiger partial charge in [0.2, 0.25) is 15.9 Å². The van der Waals surface area contributed by atoms with Gasteiger partial charge in [0.1, 0.15) is 0 Å². The molecule has 0 aromatic heterocycles. The Bertz CT molecular complexity index is 1050. The zero-order valence-corrected chi connectivity index (χ0v) is 17.8. The maximum Gasteiger partial charge on any atom is 0.255 e. The lowest BCUT2D eigenvalue weighted by Gasteiger charge is -2.17. The molecule has 0 radical (unpaired) electrons. The van der Waals surface area contributed by atoms with Crippen LogP contribution in [0, 0.1) is 13.8 Å². The van der Waals surface area contributed by atoms with Crippen molar-refractivity contribution in [3.8, 4) is 0 Å². The highest BCUT2D eigenvalue weighted by atomic mass is 35.5. The van der Waals surface area contributed by atoms with Crippen LogP contribution in [0.1, 0.15) is 28.4 Å². The van der Waals surface area contributed by atoms with Gasteiger partial charge in [-0.1, -0.05) is 11.6 Å². The topological polar surface area (TPSA) is 95.6 Å². The molecule has 2 amide bonds. The van der Waals surface area contributed by atoms with E-state index in [-0.39, 0.29) is 21.4 Å². The van der Waals surface area contributed by atoms with E-state index in [1.54, 1.807) is 32.0 Å². The summed E-state index contributed by atoms with van der Waals surface area (Å²) in [5.41, 5.74) is 2.31. The van der Waals surface area contributed by atoms with E-state index < -0.39 is 15.9 Å². The van der Waals surface area contributed by atoms with E-state index >= 15 is 0 Å². The second-order valence-electron chi connectivity index (χ2n) is 6.53. The van der Waals surface area contributed by atoms with Gasteiger partial charge in [-0.05, 0) is 55.3 Å². The molecule has 0 unspecified atom stereocenters. The smallest absolute Gasteiger partial charge is 0.255 e. The minimum atomic E-state index is -3.70. The Morgan fingerprint density at radius 2 is 1.68 bits per heavy atom. The first-order valence-electron chi connectivity index (χ1n) is 8.35. The van der Waals surface area contributed by atoms with E-state index in [1.807, 2.05) is 0 Å². The average Bonchev–Trinajstić information content (AvgIpc) is 2.58. The Balaban J connectivity index is 2.38. The largest absolute Gasteiger partial charge is 0.326 e. The van der Waals surface area contributed by atoms with Crippen molar-refractivity contribution in [1.82, 2.24) is 4.31 Å². The summed E-state index contributed by atoms with van der Waals surface area (Å²) in [6, 6.07) is 7.65. The number of carbonyl (C=O) groups excluding carboxylic acids is 2. The quantitative estimate of drug-likeness (QED) is 0.770. The SMILES string of the molecule is CC(=O)Nc1ccc(NC(=O)c2cc(C)c(C)c(S(=O)(=O)N(C)C)c2)c(Cl)c1. The van der Waals surface area contributed by atoms with Gasteiger partial charge in [-0.15, -0.1) is 0 Å². The summed E-state index contributed by atoms with van der Waals surface area (Å²) in [5, 5.41) is 5.51. The van der Waals surface area contributed by atoms with Crippen LogP contribution in [0.25, 0.3) is 0 Å². The fraction of sp³-hybridized carbons (Fsp3) is 0.263. The molecule has 2 N–H and O–H groups in total. The van der Waals surface area contributed by atoms with E-state index in [4.69, 9.17) is 11.6 Å². The second-order valence-corrected chi connectivity index (χ2v) is 9.06. The van der Waals surface area contributed by atoms with Crippen molar-refractivity contribution in [1.29, 1.82) is 0 Å². The number of hydrogen-bond donors (Lipinski definition) is 2. The Hall–Kier alpha value is -2.42. The maximum absolute atomic E-state index is 12.7. The van der Waals surface area contributed by atoms with Gasteiger partial charge in [0.05, 0.1) is 15.6 Å². The molecule has 0 saturated heterocycles. The lowest BCUT2D eigenvalue weighted by Crippen LogP contribution is -2.24. The minimum absolute atomic E-state index is 0.0785. The number of rotatable bonds is 5. The highest BCUT2D eigenvalue weighted by molar-refractivity contribution is 7.89. The van der Waals surface area contributed by atoms with Gasteiger partial charge in [-0.2, -0.15) is 0 Å². The number of nitrogens with one attached hydrogen (secondary N) is 2. The minimum Gasteiger partial charge on any atom is -0.326 e. The highest BCUT2D eigenvalue weighted by Gasteiger charge is 2.23. The van der Waals surface area contributed by atoms with Crippen LogP contribution in [0.2, 0.25) is 5.02 Å². The van der Waals surface area contributed by atoms with Crippen LogP contribution >= 0.6 is 11.6 Å². The summed E-state index contributed by atoms with van der Waals surface area (Å²) in [6.07, 6.45) is 0. The van der Waals surface area contributed by atoms with Gasteiger partial charge in [0.25, 0.3) is 5.91 Å². The normalized spacial score (nSPS) is 11.4. The average molecular weight is 424 g/mol. The van der Waals surface area contributed by atoms with E-state index in [9.17, 15) is 18.0 Å². The number of benzene rings is 2. The van der Waals surface area contributed by atoms with Gasteiger partial charge >= 0.3 is 0 Å². The molecule has 0 spiro atoms. The molecule has 0 bridgehead atoms. The molecule has 0 aliphatic rings. The number of hydrogen-bond acceptors (Lipinski definition) is 4. The van der Waals surface area contributed by atoms with Crippen LogP contribution in [0.5, 0.6) is 0 Å². The molecule has 2 aromatic rings. The van der Waals surface area contributed by atoms with E-state index in [0.717, 1.165) is 4.31 Å². The summed E-state index contributed by atoms with van der Waals surface area (Å²) in [6.45, 7) is 4.82. The van der Waals surface area contributed by atoms with E-state index in [0.29, 0.717) is 22.5 Å². The van der Waals surface area contributed by atoms with Gasteiger partial charge in [-0.25, -0.2) is 12.7 Å². The van der Waals surface area contributed by atoms with Crippen molar-refractivity contribution >= 4 is 44.8 Å². The van der Waals surface area contributed by atoms with Crippen LogP contribution in [-0.2, 0) is 14.8 Å². The summed E-state index contributed by atoms with van der Waals surface area (Å²) < 4.78 is 26.2. The van der Waals surface area contributed by atoms with Crippen molar-refractivity contribution in [3.05, 3.63) is 52.0 Å². The number of anilines is 2. The molecule has 2 rings (SSSR count). The first kappa shape index (κ1) is 21.9. The Morgan fingerprint density at radius 3 is 2.21 bits per heavy atom. The molecule has 28 heavy (non-hydrogen) atoms. The molecule has 0 aliphatic carbocycles. The maximum atomic E-state index is 12.7. The molecule has 2 aromatic carbocycles. The zero-order chi connectivity index (χ0) is 21.2. The van der Waals surface area contributed by atoms with Gasteiger partial charge < -0.3 is 10.6 Å². The van der Waals surface area contributed by atoms with Crippen molar-refractivity contribution < 1.29 is 18.0 Å². The van der Waals surface area contributed by atoms with Crippen molar-refractivity contribution in [2.75, 3.05) is 24.7 Å². The number of aryl methyl sites for hydroxylation is 1. The fourth-order valence-electron chi connectivity index (χ4n) is 2.51. The lowest BCUT2D eigenvalue weighted by atomic mass is 10.1. The molecular weight excluding hydrogens is 402 g/mol. The highest BCUT2D eigenvalue weighted by Crippen LogP contribution is 2.27. The number of amides is 2. The molecule has 7 nitrogen and oxygen atoms in total. The second kappa shape index (κ2) is 8.30. The molecule has 9 heteroatoms. The summed E-state index contributed by atoms with van der Waals surface area (Å²) in [7, 11) is -0.822. The molecule has 0 aliphatic heterocycles. The number of sulfonamides is 1. The van der Waals surface area contributed by atoms with E-state index in [2.05, 4.69) is 10.6 Å². The lowest BCUT2D eigenvalue weighted by molar-refractivity contribution is -0.114. The first-order valence-corrected chi connectivity index (χ1v) is 10.2. The number of carbonyl (C=O) groups is 2. The third-order valence-electron chi connectivity index (χ3n) is 4.18. The van der Waals surface area contributed by atoms with Crippen LogP contribution in [0.4, 0.5) is 11.4 Å². The molecule has 0 atom stereocenters. The summed E-state index contributed by atoms with van der Waals surface area (Å²) in [5.74, 6) is -0.731. The first-order chi connectivity index (χ1) is 12.9. The van der Waals surface area contributed by atoms with Crippen molar-refractivity contribution in [2.24, 2.45) is 0 Å². The number of nitrogens with zero attached hydrogens (tertiary/aromatic N) is 1. The summed E-state index contributed by atoms with van der Waals surface area (Å²) in [4.78, 5) is 23.9. The van der Waals surface area contributed by atoms with Crippen LogP contribution in [0.3, 0.4) is 0 Å². The number of halogens is 1. The predicted octanol–water partition coefficient (Wildman–Crippen LogP) is 3.42. The molecule has 150 valence electrons. The van der Waals surface area contributed by atoms with Crippen LogP contribution in [-0.4, -0.2) is 38.6 Å². The molecular formula is C19H22ClN3O4S. The Morgan fingerprint density at radius 1 is 1.04 bits per heavy atom. The van der Waals surface area contributed by atoms with E-state index in [1.165, 1.54) is 33.2 Å². The third kappa shape index (κ3) is 4.70. The Labute approximate surface area is 169 Å². The third-order valence-corrected chi connectivity index (χ3v) is 6.43. The van der Waals surface area contributed by atoms with Crippen LogP contribution < -0.4 is 10.6 Å². The van der Waals surface area contributed by atoms with Crippen LogP contribution in [0.15, 0.2) is 35.2 Å². The van der Waals surface area contributed by atoms with Gasteiger partial charge in [0.15, 0.2) is 0 Å². The van der Waals surface area contributed by atoms with Gasteiger partial charge in [0, 0.05) is 32.3 Å². The predicted molar refractivity (Wildman–Crippen MR) is 110 cm³/mol. The molecule has 0 fully saturated rings. The molecule has 0 saturated carbocycles. The Kier molecular flexibility index (Phi) is 6.48. The fourth-order valence-corrected chi connectivity index (χ4v) is 3.96. The van der Waals surface area contributed by atoms with Crippen molar-refractivity contribution in [3.63, 3.8) is 0 Å². The standard InChI is InChI=1S/C19H22ClN3O4S/c1-11-8-14(9-18(12(11)2)28(26,27)23(4)5)19(25)22-17-7-6-15(10-16(17)20)21-13(3)24/h6-10H,1-5H3,(H,21,24)(H,22,25). The van der Waals surface area contributed by atoms with Gasteiger partial charge in [-0.3, -0.25) is 9.59 Å². The monoisotopic (exact) mass is 423 g/mol.